The fourth-order valence-electron chi connectivity index (χ4n) is 3.68. The number of aromatic nitrogens is 2. The van der Waals surface area contributed by atoms with Gasteiger partial charge in [0, 0.05) is 18.5 Å². The van der Waals surface area contributed by atoms with Crippen LogP contribution in [-0.4, -0.2) is 58.6 Å². The van der Waals surface area contributed by atoms with Gasteiger partial charge in [0.15, 0.2) is 6.29 Å². The van der Waals surface area contributed by atoms with Gasteiger partial charge < -0.3 is 24.8 Å². The number of rotatable bonds is 13. The second kappa shape index (κ2) is 12.5. The Morgan fingerprint density at radius 3 is 2.56 bits per heavy atom. The molecule has 0 aliphatic rings. The number of nitrogens with two attached hydrogens (primary N) is 1. The maximum atomic E-state index is 13.3. The number of para-hydroxylation sites is 1. The number of hydrogen-bond donors (Lipinski definition) is 2. The van der Waals surface area contributed by atoms with Gasteiger partial charge in [-0.1, -0.05) is 30.3 Å². The van der Waals surface area contributed by atoms with E-state index in [1.807, 2.05) is 70.2 Å². The number of aromatic amines is 1. The molecule has 0 saturated carbocycles. The van der Waals surface area contributed by atoms with Crippen molar-refractivity contribution in [3.05, 3.63) is 66.2 Å². The maximum Gasteiger partial charge on any atom is 0.243 e. The number of nitrogens with one attached hydrogen (secondary N) is 1. The van der Waals surface area contributed by atoms with Crippen LogP contribution in [-0.2, 0) is 32.0 Å². The van der Waals surface area contributed by atoms with Crippen LogP contribution in [0.1, 0.15) is 38.8 Å². The van der Waals surface area contributed by atoms with Gasteiger partial charge in [0.2, 0.25) is 11.8 Å². The van der Waals surface area contributed by atoms with Crippen LogP contribution in [0, 0.1) is 6.42 Å². The molecule has 3 rings (SSSR count). The van der Waals surface area contributed by atoms with E-state index in [4.69, 9.17) is 19.9 Å². The van der Waals surface area contributed by atoms with E-state index >= 15 is 0 Å². The summed E-state index contributed by atoms with van der Waals surface area (Å²) in [6, 6.07) is 13.5. The highest BCUT2D eigenvalue weighted by Gasteiger charge is 2.22. The SMILES string of the molecule is CCOC(CN(Cc1cccc2cn[nH]c12)C(=O)[CH]Cc1ccc(OC(C)(C)C)cc1)OCC(N)=O. The Morgan fingerprint density at radius 2 is 1.89 bits per heavy atom. The van der Waals surface area contributed by atoms with Crippen LogP contribution < -0.4 is 10.5 Å². The predicted octanol–water partition coefficient (Wildman–Crippen LogP) is 3.38. The number of ether oxygens (including phenoxy) is 3. The van der Waals surface area contributed by atoms with Crippen molar-refractivity contribution in [2.45, 2.75) is 52.6 Å². The first-order valence-electron chi connectivity index (χ1n) is 12.0. The molecule has 0 fully saturated rings. The number of amides is 2. The Balaban J connectivity index is 1.73. The Hall–Kier alpha value is -3.43. The van der Waals surface area contributed by atoms with E-state index in [1.54, 1.807) is 17.5 Å². The second-order valence-electron chi connectivity index (χ2n) is 9.40. The van der Waals surface area contributed by atoms with Gasteiger partial charge in [0.25, 0.3) is 0 Å². The number of carbonyl (C=O) groups is 2. The molecule has 1 aromatic heterocycles. The van der Waals surface area contributed by atoms with Gasteiger partial charge in [-0.2, -0.15) is 5.10 Å². The third kappa shape index (κ3) is 8.35. The zero-order valence-electron chi connectivity index (χ0n) is 21.3. The lowest BCUT2D eigenvalue weighted by atomic mass is 10.1. The molecule has 193 valence electrons. The minimum Gasteiger partial charge on any atom is -0.488 e. The van der Waals surface area contributed by atoms with E-state index in [1.165, 1.54) is 0 Å². The molecule has 1 heterocycles. The highest BCUT2D eigenvalue weighted by atomic mass is 16.7. The van der Waals surface area contributed by atoms with Crippen molar-refractivity contribution in [2.24, 2.45) is 5.73 Å². The fourth-order valence-corrected chi connectivity index (χ4v) is 3.68. The first kappa shape index (κ1) is 27.2. The zero-order valence-corrected chi connectivity index (χ0v) is 21.3. The number of primary amides is 1. The maximum absolute atomic E-state index is 13.3. The topological polar surface area (TPSA) is 120 Å². The van der Waals surface area contributed by atoms with Crippen LogP contribution in [0.25, 0.3) is 10.9 Å². The number of benzene rings is 2. The zero-order chi connectivity index (χ0) is 26.1. The summed E-state index contributed by atoms with van der Waals surface area (Å²) >= 11 is 0. The van der Waals surface area contributed by atoms with E-state index < -0.39 is 12.2 Å². The van der Waals surface area contributed by atoms with Gasteiger partial charge in [0.1, 0.15) is 18.0 Å². The molecule has 1 radical (unpaired) electrons. The van der Waals surface area contributed by atoms with E-state index in [-0.39, 0.29) is 24.7 Å². The lowest BCUT2D eigenvalue weighted by Crippen LogP contribution is -2.40. The van der Waals surface area contributed by atoms with Crippen LogP contribution in [0.15, 0.2) is 48.7 Å². The first-order valence-corrected chi connectivity index (χ1v) is 12.0. The minimum atomic E-state index is -0.797. The summed E-state index contributed by atoms with van der Waals surface area (Å²) in [6.45, 7) is 8.29. The molecular formula is C27H35N4O5. The van der Waals surface area contributed by atoms with Crippen molar-refractivity contribution in [1.29, 1.82) is 0 Å². The summed E-state index contributed by atoms with van der Waals surface area (Å²) in [5.74, 6) is -0.0165. The van der Waals surface area contributed by atoms with Crippen LogP contribution >= 0.6 is 0 Å². The quantitative estimate of drug-likeness (QED) is 0.351. The van der Waals surface area contributed by atoms with Gasteiger partial charge in [-0.15, -0.1) is 0 Å². The van der Waals surface area contributed by atoms with Crippen LogP contribution in [0.4, 0.5) is 0 Å². The summed E-state index contributed by atoms with van der Waals surface area (Å²) in [4.78, 5) is 26.2. The standard InChI is InChI=1S/C27H35N4O5/c1-5-34-25(35-18-23(28)32)17-31(16-21-8-6-7-20-15-29-30-26(20)21)24(33)14-11-19-9-12-22(13-10-19)36-27(2,3)4/h6-10,12-15,25H,5,11,16-18H2,1-4H3,(H2,28,32)(H,29,30). The van der Waals surface area contributed by atoms with Gasteiger partial charge in [-0.05, 0) is 57.4 Å². The lowest BCUT2D eigenvalue weighted by molar-refractivity contribution is -0.165. The molecule has 1 unspecified atom stereocenters. The second-order valence-corrected chi connectivity index (χ2v) is 9.40. The lowest BCUT2D eigenvalue weighted by Gasteiger charge is -2.28. The normalized spacial score (nSPS) is 12.4. The van der Waals surface area contributed by atoms with E-state index in [0.717, 1.165) is 27.8 Å². The highest BCUT2D eigenvalue weighted by Crippen LogP contribution is 2.21. The Morgan fingerprint density at radius 1 is 1.14 bits per heavy atom. The Bertz CT molecular complexity index is 1140. The number of nitrogens with zero attached hydrogens (tertiary/aromatic N) is 2. The highest BCUT2D eigenvalue weighted by molar-refractivity contribution is 5.86. The molecule has 3 N–H and O–H groups in total. The summed E-state index contributed by atoms with van der Waals surface area (Å²) in [7, 11) is 0. The fraction of sp³-hybridized carbons (Fsp3) is 0.407. The van der Waals surface area contributed by atoms with Crippen molar-refractivity contribution >= 4 is 22.7 Å². The Labute approximate surface area is 211 Å². The molecular weight excluding hydrogens is 460 g/mol. The molecule has 9 heteroatoms. The number of carbonyl (C=O) groups excluding carboxylic acids is 2. The third-order valence-electron chi connectivity index (χ3n) is 5.23. The summed E-state index contributed by atoms with van der Waals surface area (Å²) in [5.41, 5.74) is 7.69. The van der Waals surface area contributed by atoms with Gasteiger partial charge in [-0.3, -0.25) is 14.7 Å². The summed E-state index contributed by atoms with van der Waals surface area (Å²) in [6.07, 6.45) is 3.02. The monoisotopic (exact) mass is 495 g/mol. The van der Waals surface area contributed by atoms with Crippen LogP contribution in [0.3, 0.4) is 0 Å². The minimum absolute atomic E-state index is 0.124. The molecule has 1 atom stereocenters. The number of hydrogen-bond acceptors (Lipinski definition) is 6. The average molecular weight is 496 g/mol. The van der Waals surface area contributed by atoms with Crippen LogP contribution in [0.5, 0.6) is 5.75 Å². The first-order chi connectivity index (χ1) is 17.1. The summed E-state index contributed by atoms with van der Waals surface area (Å²) in [5, 5.41) is 8.06. The van der Waals surface area contributed by atoms with Crippen molar-refractivity contribution in [3.63, 3.8) is 0 Å². The molecule has 0 aliphatic heterocycles. The van der Waals surface area contributed by atoms with E-state index in [0.29, 0.717) is 19.6 Å². The molecule has 0 bridgehead atoms. The molecule has 3 aromatic rings. The average Bonchev–Trinajstić information content (AvgIpc) is 3.30. The van der Waals surface area contributed by atoms with Crippen molar-refractivity contribution in [2.75, 3.05) is 19.8 Å². The third-order valence-corrected chi connectivity index (χ3v) is 5.23. The summed E-state index contributed by atoms with van der Waals surface area (Å²) < 4.78 is 17.0. The molecule has 2 aromatic carbocycles. The molecule has 36 heavy (non-hydrogen) atoms. The largest absolute Gasteiger partial charge is 0.488 e. The molecule has 0 aliphatic carbocycles. The van der Waals surface area contributed by atoms with Crippen LogP contribution in [0.2, 0.25) is 0 Å². The van der Waals surface area contributed by atoms with Gasteiger partial charge in [0.05, 0.1) is 24.7 Å². The predicted molar refractivity (Wildman–Crippen MR) is 137 cm³/mol. The molecule has 0 saturated heterocycles. The van der Waals surface area contributed by atoms with E-state index in [2.05, 4.69) is 10.2 Å². The molecule has 0 spiro atoms. The Kier molecular flexibility index (Phi) is 9.44. The smallest absolute Gasteiger partial charge is 0.243 e. The number of fused-ring (bicyclic) bond motifs is 1. The van der Waals surface area contributed by atoms with E-state index in [9.17, 15) is 9.59 Å². The molecule has 9 nitrogen and oxygen atoms in total. The van der Waals surface area contributed by atoms with Crippen molar-refractivity contribution in [3.8, 4) is 5.75 Å². The van der Waals surface area contributed by atoms with Crippen molar-refractivity contribution < 1.29 is 23.8 Å². The van der Waals surface area contributed by atoms with Gasteiger partial charge >= 0.3 is 0 Å². The van der Waals surface area contributed by atoms with Gasteiger partial charge in [-0.25, -0.2) is 0 Å². The molecule has 2 amide bonds. The van der Waals surface area contributed by atoms with Crippen molar-refractivity contribution in [1.82, 2.24) is 15.1 Å². The number of H-pyrrole nitrogens is 1.